The number of benzene rings is 1. The van der Waals surface area contributed by atoms with Crippen molar-refractivity contribution in [2.75, 3.05) is 19.7 Å². The van der Waals surface area contributed by atoms with Gasteiger partial charge in [-0.25, -0.2) is 0 Å². The maximum Gasteiger partial charge on any atom is 0.262 e. The van der Waals surface area contributed by atoms with Crippen LogP contribution in [0.2, 0.25) is 0 Å². The summed E-state index contributed by atoms with van der Waals surface area (Å²) in [5.74, 6) is -1.94. The molecule has 1 aromatic carbocycles. The number of carbonyl (C=O) groups excluding carboxylic acids is 4. The average molecular weight is 412 g/mol. The Morgan fingerprint density at radius 3 is 2.63 bits per heavy atom. The van der Waals surface area contributed by atoms with Crippen LogP contribution in [0.5, 0.6) is 0 Å². The number of nitrogens with zero attached hydrogens (tertiary/aromatic N) is 1. The summed E-state index contributed by atoms with van der Waals surface area (Å²) in [5.41, 5.74) is 1.47. The van der Waals surface area contributed by atoms with Gasteiger partial charge in [-0.15, -0.1) is 0 Å². The van der Waals surface area contributed by atoms with E-state index >= 15 is 0 Å². The molecular weight excluding hydrogens is 388 g/mol. The third-order valence-corrected chi connectivity index (χ3v) is 6.48. The Balaban J connectivity index is 1.30. The number of carbonyl (C=O) groups is 4. The number of fused-ring (bicyclic) bond motifs is 1. The van der Waals surface area contributed by atoms with Gasteiger partial charge in [-0.2, -0.15) is 0 Å². The van der Waals surface area contributed by atoms with E-state index in [9.17, 15) is 19.2 Å². The summed E-state index contributed by atoms with van der Waals surface area (Å²) < 4.78 is 5.91. The highest BCUT2D eigenvalue weighted by molar-refractivity contribution is 6.23. The molecule has 0 aromatic heterocycles. The molecule has 3 N–H and O–H groups in total. The van der Waals surface area contributed by atoms with Crippen LogP contribution in [0.15, 0.2) is 18.2 Å². The van der Waals surface area contributed by atoms with Gasteiger partial charge in [-0.1, -0.05) is 6.07 Å². The van der Waals surface area contributed by atoms with Crippen molar-refractivity contribution >= 4 is 23.6 Å². The van der Waals surface area contributed by atoms with Crippen molar-refractivity contribution < 1.29 is 23.9 Å². The van der Waals surface area contributed by atoms with Crippen molar-refractivity contribution in [1.29, 1.82) is 0 Å². The van der Waals surface area contributed by atoms with E-state index in [1.165, 1.54) is 0 Å². The first kappa shape index (κ1) is 19.3. The maximum atomic E-state index is 12.9. The topological polar surface area (TPSA) is 117 Å². The molecule has 0 radical (unpaired) electrons. The van der Waals surface area contributed by atoms with Gasteiger partial charge in [-0.05, 0) is 37.0 Å². The zero-order chi connectivity index (χ0) is 20.9. The number of nitrogens with one attached hydrogen (secondary N) is 3. The van der Waals surface area contributed by atoms with Gasteiger partial charge in [0.05, 0.1) is 23.8 Å². The van der Waals surface area contributed by atoms with Crippen LogP contribution in [-0.4, -0.2) is 65.9 Å². The summed E-state index contributed by atoms with van der Waals surface area (Å²) in [7, 11) is 0. The predicted octanol–water partition coefficient (Wildman–Crippen LogP) is -0.302. The number of amides is 4. The lowest BCUT2D eigenvalue weighted by Gasteiger charge is -2.32. The molecule has 5 rings (SSSR count). The molecule has 9 nitrogen and oxygen atoms in total. The van der Waals surface area contributed by atoms with Crippen molar-refractivity contribution in [2.24, 2.45) is 0 Å². The van der Waals surface area contributed by atoms with E-state index in [2.05, 4.69) is 16.0 Å². The highest BCUT2D eigenvalue weighted by Gasteiger charge is 2.50. The van der Waals surface area contributed by atoms with Gasteiger partial charge in [0.15, 0.2) is 0 Å². The molecule has 1 aliphatic carbocycles. The first-order valence-electron chi connectivity index (χ1n) is 10.4. The monoisotopic (exact) mass is 412 g/mol. The lowest BCUT2D eigenvalue weighted by atomic mass is 10.0. The van der Waals surface area contributed by atoms with E-state index in [-0.39, 0.29) is 30.4 Å². The first-order valence-corrected chi connectivity index (χ1v) is 10.4. The molecule has 0 spiro atoms. The number of ether oxygens (including phenoxy) is 1. The Hall–Kier alpha value is -2.62. The molecular formula is C21H24N4O5. The highest BCUT2D eigenvalue weighted by atomic mass is 16.5. The fraction of sp³-hybridized carbons (Fsp3) is 0.524. The standard InChI is InChI=1S/C21H24N4O5/c26-17-4-3-15(18(27)24-17)25-19(28)13-2-1-12(9-14(13)20(25)29)10-23-21(5-6-21)16-11-22-7-8-30-16/h1-2,9,15-16,22-23H,3-8,10-11H2,(H,24,26,27). The van der Waals surface area contributed by atoms with E-state index in [4.69, 9.17) is 4.74 Å². The van der Waals surface area contributed by atoms with Gasteiger partial charge in [0.2, 0.25) is 11.8 Å². The zero-order valence-corrected chi connectivity index (χ0v) is 16.5. The third-order valence-electron chi connectivity index (χ3n) is 6.48. The van der Waals surface area contributed by atoms with Crippen LogP contribution in [0.4, 0.5) is 0 Å². The molecule has 3 heterocycles. The fourth-order valence-electron chi connectivity index (χ4n) is 4.57. The number of hydrogen-bond acceptors (Lipinski definition) is 7. The third kappa shape index (κ3) is 3.23. The van der Waals surface area contributed by atoms with E-state index in [0.29, 0.717) is 24.3 Å². The van der Waals surface area contributed by atoms with Crippen LogP contribution in [0.25, 0.3) is 0 Å². The maximum absolute atomic E-state index is 12.9. The van der Waals surface area contributed by atoms with Crippen molar-refractivity contribution in [2.45, 2.75) is 49.9 Å². The van der Waals surface area contributed by atoms with Gasteiger partial charge in [-0.3, -0.25) is 29.4 Å². The lowest BCUT2D eigenvalue weighted by Crippen LogP contribution is -2.54. The minimum atomic E-state index is -0.942. The summed E-state index contributed by atoms with van der Waals surface area (Å²) in [6, 6.07) is 4.27. The minimum Gasteiger partial charge on any atom is -0.374 e. The zero-order valence-electron chi connectivity index (χ0n) is 16.5. The van der Waals surface area contributed by atoms with Gasteiger partial charge in [0.25, 0.3) is 11.8 Å². The molecule has 2 saturated heterocycles. The molecule has 0 bridgehead atoms. The second-order valence-electron chi connectivity index (χ2n) is 8.40. The molecule has 3 fully saturated rings. The predicted molar refractivity (Wildman–Crippen MR) is 105 cm³/mol. The Bertz CT molecular complexity index is 935. The molecule has 4 aliphatic rings. The normalized spacial score (nSPS) is 27.8. The van der Waals surface area contributed by atoms with Crippen LogP contribution in [-0.2, 0) is 20.9 Å². The molecule has 2 unspecified atom stereocenters. The first-order chi connectivity index (χ1) is 14.5. The largest absolute Gasteiger partial charge is 0.374 e. The van der Waals surface area contributed by atoms with Gasteiger partial charge >= 0.3 is 0 Å². The summed E-state index contributed by atoms with van der Waals surface area (Å²) in [4.78, 5) is 50.3. The van der Waals surface area contributed by atoms with Crippen molar-refractivity contribution in [3.8, 4) is 0 Å². The van der Waals surface area contributed by atoms with E-state index in [1.54, 1.807) is 12.1 Å². The highest BCUT2D eigenvalue weighted by Crippen LogP contribution is 2.41. The second-order valence-corrected chi connectivity index (χ2v) is 8.40. The second kappa shape index (κ2) is 7.26. The van der Waals surface area contributed by atoms with Crippen LogP contribution in [0, 0.1) is 0 Å². The molecule has 1 saturated carbocycles. The molecule has 158 valence electrons. The summed E-state index contributed by atoms with van der Waals surface area (Å²) >= 11 is 0. The Morgan fingerprint density at radius 2 is 1.93 bits per heavy atom. The molecule has 9 heteroatoms. The smallest absolute Gasteiger partial charge is 0.262 e. The van der Waals surface area contributed by atoms with E-state index in [1.807, 2.05) is 6.07 Å². The fourth-order valence-corrected chi connectivity index (χ4v) is 4.57. The molecule has 30 heavy (non-hydrogen) atoms. The molecule has 2 atom stereocenters. The number of hydrogen-bond donors (Lipinski definition) is 3. The Labute approximate surface area is 173 Å². The minimum absolute atomic E-state index is 0.0367. The van der Waals surface area contributed by atoms with E-state index in [0.717, 1.165) is 36.4 Å². The average Bonchev–Trinajstić information content (AvgIpc) is 3.51. The summed E-state index contributed by atoms with van der Waals surface area (Å²) in [6.45, 7) is 2.97. The number of rotatable bonds is 5. The van der Waals surface area contributed by atoms with Gasteiger partial charge < -0.3 is 15.4 Å². The number of morpholine rings is 1. The van der Waals surface area contributed by atoms with Crippen molar-refractivity contribution in [3.05, 3.63) is 34.9 Å². The lowest BCUT2D eigenvalue weighted by molar-refractivity contribution is -0.136. The summed E-state index contributed by atoms with van der Waals surface area (Å²) in [5, 5.41) is 9.15. The van der Waals surface area contributed by atoms with Crippen LogP contribution in [0.3, 0.4) is 0 Å². The Kier molecular flexibility index (Phi) is 4.68. The van der Waals surface area contributed by atoms with Crippen LogP contribution in [0.1, 0.15) is 52.0 Å². The quantitative estimate of drug-likeness (QED) is 0.569. The molecule has 4 amide bonds. The van der Waals surface area contributed by atoms with Gasteiger partial charge in [0.1, 0.15) is 6.04 Å². The van der Waals surface area contributed by atoms with E-state index < -0.39 is 23.8 Å². The number of imide groups is 2. The molecule has 3 aliphatic heterocycles. The van der Waals surface area contributed by atoms with Crippen molar-refractivity contribution in [1.82, 2.24) is 20.9 Å². The SMILES string of the molecule is O=C1CCC(N2C(=O)c3ccc(CNC4(C5CNCCO5)CC4)cc3C2=O)C(=O)N1. The Morgan fingerprint density at radius 1 is 1.13 bits per heavy atom. The number of piperidine rings is 1. The molecule has 1 aromatic rings. The van der Waals surface area contributed by atoms with Crippen LogP contribution >= 0.6 is 0 Å². The summed E-state index contributed by atoms with van der Waals surface area (Å²) in [6.07, 6.45) is 2.49. The van der Waals surface area contributed by atoms with Gasteiger partial charge in [0, 0.05) is 31.6 Å². The van der Waals surface area contributed by atoms with Crippen LogP contribution < -0.4 is 16.0 Å². The van der Waals surface area contributed by atoms with Crippen molar-refractivity contribution in [3.63, 3.8) is 0 Å².